The lowest BCUT2D eigenvalue weighted by molar-refractivity contribution is -0.121. The smallest absolute Gasteiger partial charge is 0.224 e. The Bertz CT molecular complexity index is 375. The maximum Gasteiger partial charge on any atom is 0.224 e. The molecule has 1 heterocycles. The number of hydrogen-bond acceptors (Lipinski definition) is 2. The summed E-state index contributed by atoms with van der Waals surface area (Å²) in [6.07, 6.45) is 1.49. The Balaban J connectivity index is 1.86. The Kier molecular flexibility index (Phi) is 3.96. The summed E-state index contributed by atoms with van der Waals surface area (Å²) < 4.78 is 1.01. The number of carbonyl (C=O) groups is 1. The first-order valence-electron chi connectivity index (χ1n) is 5.48. The first-order valence-corrected chi connectivity index (χ1v) is 6.28. The van der Waals surface area contributed by atoms with Crippen LogP contribution in [-0.4, -0.2) is 25.0 Å². The predicted octanol–water partition coefficient (Wildman–Crippen LogP) is 1.47. The number of amides is 1. The minimum absolute atomic E-state index is 0.104. The highest BCUT2D eigenvalue weighted by Gasteiger charge is 2.16. The molecule has 1 aromatic carbocycles. The van der Waals surface area contributed by atoms with Crippen LogP contribution in [0.5, 0.6) is 0 Å². The largest absolute Gasteiger partial charge is 0.352 e. The van der Waals surface area contributed by atoms with Gasteiger partial charge in [-0.2, -0.15) is 0 Å². The third-order valence-electron chi connectivity index (χ3n) is 2.68. The molecule has 0 saturated carbocycles. The van der Waals surface area contributed by atoms with Gasteiger partial charge in [-0.3, -0.25) is 4.79 Å². The van der Waals surface area contributed by atoms with Gasteiger partial charge in [-0.25, -0.2) is 0 Å². The molecule has 1 saturated heterocycles. The fourth-order valence-electron chi connectivity index (χ4n) is 1.89. The molecule has 1 amide bonds. The van der Waals surface area contributed by atoms with Crippen LogP contribution in [0, 0.1) is 0 Å². The van der Waals surface area contributed by atoms with Gasteiger partial charge in [-0.05, 0) is 30.7 Å². The van der Waals surface area contributed by atoms with Gasteiger partial charge in [0.05, 0.1) is 6.42 Å². The highest BCUT2D eigenvalue weighted by molar-refractivity contribution is 9.10. The molecule has 1 aromatic rings. The van der Waals surface area contributed by atoms with Crippen LogP contribution in [0.2, 0.25) is 0 Å². The number of halogens is 1. The zero-order valence-electron chi connectivity index (χ0n) is 9.00. The lowest BCUT2D eigenvalue weighted by Gasteiger charge is -2.11. The second-order valence-corrected chi connectivity index (χ2v) is 4.98. The van der Waals surface area contributed by atoms with Crippen molar-refractivity contribution in [2.75, 3.05) is 13.1 Å². The summed E-state index contributed by atoms with van der Waals surface area (Å²) in [5.41, 5.74) is 1.04. The van der Waals surface area contributed by atoms with Gasteiger partial charge in [0.1, 0.15) is 0 Å². The molecule has 4 heteroatoms. The highest BCUT2D eigenvalue weighted by Crippen LogP contribution is 2.12. The number of nitrogens with one attached hydrogen (secondary N) is 2. The summed E-state index contributed by atoms with van der Waals surface area (Å²) in [4.78, 5) is 11.7. The molecule has 0 radical (unpaired) electrons. The van der Waals surface area contributed by atoms with Crippen LogP contribution in [0.4, 0.5) is 0 Å². The van der Waals surface area contributed by atoms with Gasteiger partial charge >= 0.3 is 0 Å². The number of rotatable bonds is 3. The average molecular weight is 283 g/mol. The zero-order valence-corrected chi connectivity index (χ0v) is 10.6. The van der Waals surface area contributed by atoms with Crippen LogP contribution < -0.4 is 10.6 Å². The highest BCUT2D eigenvalue weighted by atomic mass is 79.9. The summed E-state index contributed by atoms with van der Waals surface area (Å²) in [5.74, 6) is 0.104. The van der Waals surface area contributed by atoms with E-state index in [1.54, 1.807) is 0 Å². The normalized spacial score (nSPS) is 19.7. The molecule has 1 aliphatic heterocycles. The Hall–Kier alpha value is -0.870. The Morgan fingerprint density at radius 1 is 1.56 bits per heavy atom. The van der Waals surface area contributed by atoms with E-state index in [-0.39, 0.29) is 5.91 Å². The van der Waals surface area contributed by atoms with Crippen molar-refractivity contribution in [1.29, 1.82) is 0 Å². The molecule has 3 nitrogen and oxygen atoms in total. The molecule has 0 unspecified atom stereocenters. The molecular weight excluding hydrogens is 268 g/mol. The van der Waals surface area contributed by atoms with Crippen molar-refractivity contribution in [2.24, 2.45) is 0 Å². The predicted molar refractivity (Wildman–Crippen MR) is 67.3 cm³/mol. The number of carbonyl (C=O) groups excluding carboxylic acids is 1. The lowest BCUT2D eigenvalue weighted by atomic mass is 10.1. The topological polar surface area (TPSA) is 41.1 Å². The summed E-state index contributed by atoms with van der Waals surface area (Å²) in [6, 6.07) is 8.16. The molecule has 0 spiro atoms. The SMILES string of the molecule is O=C(Cc1cccc(Br)c1)N[C@H]1CCNC1. The molecule has 2 rings (SSSR count). The molecule has 0 aromatic heterocycles. The maximum absolute atomic E-state index is 11.7. The van der Waals surface area contributed by atoms with Crippen LogP contribution in [0.25, 0.3) is 0 Å². The van der Waals surface area contributed by atoms with E-state index in [2.05, 4.69) is 26.6 Å². The fourth-order valence-corrected chi connectivity index (χ4v) is 2.34. The summed E-state index contributed by atoms with van der Waals surface area (Å²) in [7, 11) is 0. The third kappa shape index (κ3) is 3.32. The van der Waals surface area contributed by atoms with E-state index in [0.717, 1.165) is 29.5 Å². The van der Waals surface area contributed by atoms with E-state index in [1.165, 1.54) is 0 Å². The molecular formula is C12H15BrN2O. The van der Waals surface area contributed by atoms with E-state index in [1.807, 2.05) is 24.3 Å². The summed E-state index contributed by atoms with van der Waals surface area (Å²) >= 11 is 3.40. The summed E-state index contributed by atoms with van der Waals surface area (Å²) in [5, 5.41) is 6.26. The second-order valence-electron chi connectivity index (χ2n) is 4.06. The van der Waals surface area contributed by atoms with Crippen LogP contribution in [-0.2, 0) is 11.2 Å². The zero-order chi connectivity index (χ0) is 11.4. The van der Waals surface area contributed by atoms with Gasteiger partial charge in [0.15, 0.2) is 0 Å². The first kappa shape index (κ1) is 11.6. The molecule has 2 N–H and O–H groups in total. The van der Waals surface area contributed by atoms with Gasteiger partial charge in [0, 0.05) is 17.1 Å². The van der Waals surface area contributed by atoms with E-state index >= 15 is 0 Å². The van der Waals surface area contributed by atoms with Crippen molar-refractivity contribution in [3.05, 3.63) is 34.3 Å². The van der Waals surface area contributed by atoms with Gasteiger partial charge in [0.25, 0.3) is 0 Å². The molecule has 1 fully saturated rings. The maximum atomic E-state index is 11.7. The molecule has 1 aliphatic rings. The van der Waals surface area contributed by atoms with Crippen LogP contribution in [0.3, 0.4) is 0 Å². The Morgan fingerprint density at radius 2 is 2.44 bits per heavy atom. The lowest BCUT2D eigenvalue weighted by Crippen LogP contribution is -2.37. The van der Waals surface area contributed by atoms with Crippen LogP contribution in [0.1, 0.15) is 12.0 Å². The monoisotopic (exact) mass is 282 g/mol. The van der Waals surface area contributed by atoms with Crippen LogP contribution in [0.15, 0.2) is 28.7 Å². The van der Waals surface area contributed by atoms with E-state index in [0.29, 0.717) is 12.5 Å². The Labute approximate surface area is 104 Å². The van der Waals surface area contributed by atoms with Crippen molar-refractivity contribution >= 4 is 21.8 Å². The first-order chi connectivity index (χ1) is 7.74. The van der Waals surface area contributed by atoms with E-state index in [9.17, 15) is 4.79 Å². The fraction of sp³-hybridized carbons (Fsp3) is 0.417. The van der Waals surface area contributed by atoms with Gasteiger partial charge in [0.2, 0.25) is 5.91 Å². The number of hydrogen-bond donors (Lipinski definition) is 2. The molecule has 16 heavy (non-hydrogen) atoms. The van der Waals surface area contributed by atoms with Crippen molar-refractivity contribution < 1.29 is 4.79 Å². The van der Waals surface area contributed by atoms with Crippen molar-refractivity contribution in [3.63, 3.8) is 0 Å². The minimum Gasteiger partial charge on any atom is -0.352 e. The van der Waals surface area contributed by atoms with Crippen molar-refractivity contribution in [1.82, 2.24) is 10.6 Å². The Morgan fingerprint density at radius 3 is 3.12 bits per heavy atom. The molecule has 1 atom stereocenters. The quantitative estimate of drug-likeness (QED) is 0.882. The van der Waals surface area contributed by atoms with Crippen molar-refractivity contribution in [2.45, 2.75) is 18.9 Å². The van der Waals surface area contributed by atoms with Crippen molar-refractivity contribution in [3.8, 4) is 0 Å². The molecule has 86 valence electrons. The van der Waals surface area contributed by atoms with Crippen LogP contribution >= 0.6 is 15.9 Å². The minimum atomic E-state index is 0.104. The standard InChI is InChI=1S/C12H15BrN2O/c13-10-3-1-2-9(6-10)7-12(16)15-11-4-5-14-8-11/h1-3,6,11,14H,4-5,7-8H2,(H,15,16)/t11-/m0/s1. The summed E-state index contributed by atoms with van der Waals surface area (Å²) in [6.45, 7) is 1.89. The average Bonchev–Trinajstić information content (AvgIpc) is 2.70. The second kappa shape index (κ2) is 5.46. The van der Waals surface area contributed by atoms with Gasteiger partial charge < -0.3 is 10.6 Å². The molecule has 0 bridgehead atoms. The molecule has 0 aliphatic carbocycles. The van der Waals surface area contributed by atoms with Gasteiger partial charge in [-0.1, -0.05) is 28.1 Å². The van der Waals surface area contributed by atoms with E-state index < -0.39 is 0 Å². The third-order valence-corrected chi connectivity index (χ3v) is 3.17. The van der Waals surface area contributed by atoms with E-state index in [4.69, 9.17) is 0 Å². The number of benzene rings is 1. The van der Waals surface area contributed by atoms with Gasteiger partial charge in [-0.15, -0.1) is 0 Å².